The number of nitrogens with zero attached hydrogens (tertiary/aromatic N) is 4. The summed E-state index contributed by atoms with van der Waals surface area (Å²) in [7, 11) is 0. The van der Waals surface area contributed by atoms with Crippen LogP contribution < -0.4 is 10.6 Å². The van der Waals surface area contributed by atoms with Gasteiger partial charge in [0.2, 0.25) is 0 Å². The predicted molar refractivity (Wildman–Crippen MR) is 119 cm³/mol. The van der Waals surface area contributed by atoms with Gasteiger partial charge in [0.25, 0.3) is 0 Å². The number of aliphatic imine (C=N–C) groups is 1. The quantitative estimate of drug-likeness (QED) is 0.346. The number of rotatable bonds is 4. The van der Waals surface area contributed by atoms with Gasteiger partial charge in [0.15, 0.2) is 11.1 Å². The van der Waals surface area contributed by atoms with E-state index in [-0.39, 0.29) is 24.0 Å². The highest BCUT2D eigenvalue weighted by Crippen LogP contribution is 2.19. The maximum Gasteiger partial charge on any atom is 0.191 e. The van der Waals surface area contributed by atoms with Gasteiger partial charge in [0.05, 0.1) is 2.88 Å². The van der Waals surface area contributed by atoms with E-state index in [1.165, 1.54) is 7.76 Å². The molecule has 1 fully saturated rings. The number of nitrogens with two attached hydrogens (primary N) is 1. The van der Waals surface area contributed by atoms with E-state index in [0.29, 0.717) is 5.96 Å². The number of hydrogen-bond acceptors (Lipinski definition) is 5. The zero-order valence-corrected chi connectivity index (χ0v) is 18.6. The van der Waals surface area contributed by atoms with E-state index >= 15 is 0 Å². The van der Waals surface area contributed by atoms with Crippen molar-refractivity contribution in [1.29, 1.82) is 0 Å². The molecular weight excluding hydrogens is 556 g/mol. The second-order valence-electron chi connectivity index (χ2n) is 4.98. The van der Waals surface area contributed by atoms with Gasteiger partial charge in [-0.2, -0.15) is 0 Å². The molecule has 3 rings (SSSR count). The van der Waals surface area contributed by atoms with Crippen LogP contribution in [0.4, 0.5) is 5.13 Å². The van der Waals surface area contributed by atoms with Gasteiger partial charge in [-0.25, -0.2) is 4.98 Å². The number of halogens is 2. The lowest BCUT2D eigenvalue weighted by atomic mass is 10.3. The van der Waals surface area contributed by atoms with Crippen LogP contribution in [0.1, 0.15) is 4.88 Å². The fraction of sp³-hybridized carbons (Fsp3) is 0.429. The smallest absolute Gasteiger partial charge is 0.191 e. The van der Waals surface area contributed by atoms with Crippen LogP contribution in [-0.4, -0.2) is 48.6 Å². The fourth-order valence-electron chi connectivity index (χ4n) is 2.37. The largest absolute Gasteiger partial charge is 0.370 e. The van der Waals surface area contributed by atoms with Crippen molar-refractivity contribution in [2.45, 2.75) is 6.42 Å². The Morgan fingerprint density at radius 1 is 1.30 bits per heavy atom. The second-order valence-corrected chi connectivity index (χ2v) is 8.92. The van der Waals surface area contributed by atoms with Gasteiger partial charge in [-0.3, -0.25) is 4.99 Å². The number of thiophene rings is 1. The first kappa shape index (κ1) is 19.2. The first-order valence-electron chi connectivity index (χ1n) is 7.16. The minimum Gasteiger partial charge on any atom is -0.370 e. The minimum absolute atomic E-state index is 0. The summed E-state index contributed by atoms with van der Waals surface area (Å²) in [5, 5.41) is 3.12. The van der Waals surface area contributed by atoms with Gasteiger partial charge in [-0.15, -0.1) is 46.7 Å². The Morgan fingerprint density at radius 2 is 2.09 bits per heavy atom. The SMILES string of the molecule is I.NC(=NCCc1ccc(I)s1)N1CCN(c2nccs2)CC1. The molecule has 1 aliphatic rings. The van der Waals surface area contributed by atoms with Crippen LogP contribution in [0.2, 0.25) is 0 Å². The van der Waals surface area contributed by atoms with Crippen LogP contribution in [0.15, 0.2) is 28.7 Å². The van der Waals surface area contributed by atoms with E-state index in [2.05, 4.69) is 54.5 Å². The predicted octanol–water partition coefficient (Wildman–Crippen LogP) is 3.11. The Balaban J connectivity index is 0.00000192. The van der Waals surface area contributed by atoms with Crippen LogP contribution in [0, 0.1) is 2.88 Å². The van der Waals surface area contributed by atoms with Crippen molar-refractivity contribution in [2.24, 2.45) is 10.7 Å². The van der Waals surface area contributed by atoms with E-state index in [0.717, 1.165) is 44.3 Å². The molecule has 0 bridgehead atoms. The Morgan fingerprint density at radius 3 is 2.70 bits per heavy atom. The van der Waals surface area contributed by atoms with E-state index in [9.17, 15) is 0 Å². The standard InChI is InChI=1S/C14H18IN5S2.HI/c15-12-2-1-11(22-12)3-4-17-13(16)19-6-8-20(9-7-19)14-18-5-10-21-14;/h1-2,5,10H,3-4,6-9H2,(H2,16,17);1H. The molecule has 1 saturated heterocycles. The normalized spacial score (nSPS) is 15.6. The summed E-state index contributed by atoms with van der Waals surface area (Å²) in [5.41, 5.74) is 6.13. The summed E-state index contributed by atoms with van der Waals surface area (Å²) in [6.07, 6.45) is 2.82. The Hall–Kier alpha value is -0.140. The van der Waals surface area contributed by atoms with Gasteiger partial charge in [0.1, 0.15) is 0 Å². The lowest BCUT2D eigenvalue weighted by Crippen LogP contribution is -2.51. The molecule has 2 aromatic heterocycles. The molecular formula is C14H19I2N5S2. The molecule has 0 atom stereocenters. The second kappa shape index (κ2) is 9.37. The summed E-state index contributed by atoms with van der Waals surface area (Å²) in [6.45, 7) is 4.48. The Labute approximate surface area is 175 Å². The van der Waals surface area contributed by atoms with Gasteiger partial charge in [-0.1, -0.05) is 0 Å². The molecule has 2 aromatic rings. The molecule has 1 aliphatic heterocycles. The average Bonchev–Trinajstić information content (AvgIpc) is 3.19. The molecule has 0 unspecified atom stereocenters. The number of piperazine rings is 1. The molecule has 0 saturated carbocycles. The first-order chi connectivity index (χ1) is 10.7. The van der Waals surface area contributed by atoms with E-state index in [4.69, 9.17) is 5.73 Å². The van der Waals surface area contributed by atoms with Crippen LogP contribution in [0.25, 0.3) is 0 Å². The molecule has 126 valence electrons. The summed E-state index contributed by atoms with van der Waals surface area (Å²) in [4.78, 5) is 14.7. The topological polar surface area (TPSA) is 57.8 Å². The zero-order chi connectivity index (χ0) is 15.4. The molecule has 5 nitrogen and oxygen atoms in total. The van der Waals surface area contributed by atoms with Crippen molar-refractivity contribution in [3.63, 3.8) is 0 Å². The summed E-state index contributed by atoms with van der Waals surface area (Å²) in [5.74, 6) is 0.671. The van der Waals surface area contributed by atoms with Crippen molar-refractivity contribution in [3.05, 3.63) is 31.5 Å². The van der Waals surface area contributed by atoms with Crippen LogP contribution >= 0.6 is 69.2 Å². The number of hydrogen-bond donors (Lipinski definition) is 1. The van der Waals surface area contributed by atoms with Crippen molar-refractivity contribution < 1.29 is 0 Å². The number of thiazole rings is 1. The van der Waals surface area contributed by atoms with Crippen molar-refractivity contribution in [2.75, 3.05) is 37.6 Å². The third kappa shape index (κ3) is 5.43. The van der Waals surface area contributed by atoms with Crippen molar-refractivity contribution in [1.82, 2.24) is 9.88 Å². The monoisotopic (exact) mass is 575 g/mol. The van der Waals surface area contributed by atoms with Crippen molar-refractivity contribution in [3.8, 4) is 0 Å². The zero-order valence-electron chi connectivity index (χ0n) is 12.5. The van der Waals surface area contributed by atoms with Crippen LogP contribution in [-0.2, 0) is 6.42 Å². The molecule has 23 heavy (non-hydrogen) atoms. The molecule has 2 N–H and O–H groups in total. The molecule has 9 heteroatoms. The third-order valence-electron chi connectivity index (χ3n) is 3.55. The summed E-state index contributed by atoms with van der Waals surface area (Å²) >= 11 is 5.86. The maximum absolute atomic E-state index is 6.13. The van der Waals surface area contributed by atoms with E-state index in [1.807, 2.05) is 22.9 Å². The van der Waals surface area contributed by atoms with Gasteiger partial charge < -0.3 is 15.5 Å². The van der Waals surface area contributed by atoms with Crippen LogP contribution in [0.5, 0.6) is 0 Å². The summed E-state index contributed by atoms with van der Waals surface area (Å²) in [6, 6.07) is 4.32. The van der Waals surface area contributed by atoms with E-state index in [1.54, 1.807) is 11.3 Å². The first-order valence-corrected chi connectivity index (χ1v) is 9.93. The van der Waals surface area contributed by atoms with Crippen LogP contribution in [0.3, 0.4) is 0 Å². The number of guanidine groups is 1. The third-order valence-corrected chi connectivity index (χ3v) is 6.34. The molecule has 0 amide bonds. The van der Waals surface area contributed by atoms with Gasteiger partial charge in [0, 0.05) is 55.6 Å². The molecule has 0 radical (unpaired) electrons. The molecule has 0 aromatic carbocycles. The molecule has 0 spiro atoms. The fourth-order valence-corrected chi connectivity index (χ4v) is 4.81. The summed E-state index contributed by atoms with van der Waals surface area (Å²) < 4.78 is 1.32. The van der Waals surface area contributed by atoms with E-state index < -0.39 is 0 Å². The highest BCUT2D eigenvalue weighted by atomic mass is 127. The number of anilines is 1. The maximum atomic E-state index is 6.13. The average molecular weight is 575 g/mol. The lowest BCUT2D eigenvalue weighted by molar-refractivity contribution is 0.380. The van der Waals surface area contributed by atoms with Gasteiger partial charge >= 0.3 is 0 Å². The molecule has 3 heterocycles. The highest BCUT2D eigenvalue weighted by Gasteiger charge is 2.19. The Kier molecular flexibility index (Phi) is 7.82. The number of aromatic nitrogens is 1. The lowest BCUT2D eigenvalue weighted by Gasteiger charge is -2.35. The minimum atomic E-state index is 0. The van der Waals surface area contributed by atoms with Crippen molar-refractivity contribution >= 4 is 80.3 Å². The molecule has 0 aliphatic carbocycles. The Bertz CT molecular complexity index is 621. The van der Waals surface area contributed by atoms with Gasteiger partial charge in [-0.05, 0) is 34.7 Å². The highest BCUT2D eigenvalue weighted by molar-refractivity contribution is 14.1.